The summed E-state index contributed by atoms with van der Waals surface area (Å²) in [6.45, 7) is 16.2. The average molecular weight is 438 g/mol. The molecule has 0 aliphatic rings. The molecule has 0 radical (unpaired) electrons. The highest BCUT2D eigenvalue weighted by molar-refractivity contribution is 5.94. The van der Waals surface area contributed by atoms with Crippen molar-refractivity contribution in [3.63, 3.8) is 0 Å². The van der Waals surface area contributed by atoms with Crippen LogP contribution >= 0.6 is 0 Å². The monoisotopic (exact) mass is 437 g/mol. The summed E-state index contributed by atoms with van der Waals surface area (Å²) in [4.78, 5) is 12.4. The van der Waals surface area contributed by atoms with Gasteiger partial charge in [-0.05, 0) is 56.7 Å². The molecule has 0 aliphatic heterocycles. The summed E-state index contributed by atoms with van der Waals surface area (Å²) in [5, 5.41) is 14.5. The van der Waals surface area contributed by atoms with Crippen LogP contribution in [0.15, 0.2) is 30.3 Å². The van der Waals surface area contributed by atoms with Crippen molar-refractivity contribution in [1.82, 2.24) is 9.78 Å². The Kier molecular flexibility index (Phi) is 7.90. The summed E-state index contributed by atoms with van der Waals surface area (Å²) in [6.07, 6.45) is 0.653. The zero-order chi connectivity index (χ0) is 24.1. The second-order valence-corrected chi connectivity index (χ2v) is 9.56. The molecule has 1 aromatic heterocycles. The topological polar surface area (TPSA) is 77.1 Å². The summed E-state index contributed by atoms with van der Waals surface area (Å²) >= 11 is 0. The van der Waals surface area contributed by atoms with Crippen LogP contribution in [0.1, 0.15) is 77.4 Å². The van der Waals surface area contributed by atoms with E-state index in [-0.39, 0.29) is 18.2 Å². The molecule has 0 bridgehead atoms. The maximum atomic E-state index is 12.4. The van der Waals surface area contributed by atoms with E-state index in [0.717, 1.165) is 11.3 Å². The molecule has 0 saturated heterocycles. The third-order valence-corrected chi connectivity index (χ3v) is 5.64. The Morgan fingerprint density at radius 2 is 1.72 bits per heavy atom. The number of hydrogen-bond acceptors (Lipinski definition) is 5. The Hall–Kier alpha value is -3.07. The van der Waals surface area contributed by atoms with E-state index in [4.69, 9.17) is 9.47 Å². The number of hydrogen-bond donors (Lipinski definition) is 0. The number of carbonyl (C=O) groups is 1. The molecule has 6 nitrogen and oxygen atoms in total. The van der Waals surface area contributed by atoms with Crippen molar-refractivity contribution >= 4 is 17.3 Å². The van der Waals surface area contributed by atoms with E-state index in [1.165, 1.54) is 5.56 Å². The first-order valence-corrected chi connectivity index (χ1v) is 11.0. The van der Waals surface area contributed by atoms with Crippen LogP contribution in [0.2, 0.25) is 0 Å². The summed E-state index contributed by atoms with van der Waals surface area (Å²) in [5.74, 6) is 0.00753. The number of benzene rings is 1. The van der Waals surface area contributed by atoms with Crippen molar-refractivity contribution < 1.29 is 14.3 Å². The van der Waals surface area contributed by atoms with Crippen LogP contribution in [0, 0.1) is 23.7 Å². The first kappa shape index (κ1) is 25.2. The normalized spacial score (nSPS) is 12.7. The van der Waals surface area contributed by atoms with E-state index in [1.54, 1.807) is 4.68 Å². The summed E-state index contributed by atoms with van der Waals surface area (Å²) in [6, 6.07) is 12.1. The second kappa shape index (κ2) is 10.0. The van der Waals surface area contributed by atoms with Crippen LogP contribution in [0.25, 0.3) is 11.3 Å². The summed E-state index contributed by atoms with van der Waals surface area (Å²) < 4.78 is 13.1. The number of nitrogens with zero attached hydrogens (tertiary/aromatic N) is 3. The van der Waals surface area contributed by atoms with Crippen LogP contribution in [0.5, 0.6) is 0 Å². The number of ether oxygens (including phenoxy) is 2. The van der Waals surface area contributed by atoms with Crippen molar-refractivity contribution in [1.29, 1.82) is 5.26 Å². The first-order chi connectivity index (χ1) is 14.9. The van der Waals surface area contributed by atoms with E-state index in [2.05, 4.69) is 31.9 Å². The molecule has 0 spiro atoms. The molecule has 32 heavy (non-hydrogen) atoms. The minimum absolute atomic E-state index is 0.00655. The highest BCUT2D eigenvalue weighted by Crippen LogP contribution is 2.30. The van der Waals surface area contributed by atoms with Gasteiger partial charge in [0.1, 0.15) is 17.3 Å². The fraction of sp³-hybridized carbons (Fsp3) is 0.500. The fourth-order valence-electron chi connectivity index (χ4n) is 3.11. The van der Waals surface area contributed by atoms with Gasteiger partial charge in [-0.2, -0.15) is 10.4 Å². The maximum absolute atomic E-state index is 12.4. The molecule has 0 amide bonds. The Bertz CT molecular complexity index is 1020. The molecular weight excluding hydrogens is 402 g/mol. The third kappa shape index (κ3) is 5.79. The number of carbonyl (C=O) groups excluding carboxylic acids is 1. The third-order valence-electron chi connectivity index (χ3n) is 5.64. The average Bonchev–Trinajstić information content (AvgIpc) is 3.13. The lowest BCUT2D eigenvalue weighted by atomic mass is 9.86. The number of aryl methyl sites for hydroxylation is 2. The van der Waals surface area contributed by atoms with Gasteiger partial charge in [-0.15, -0.1) is 0 Å². The van der Waals surface area contributed by atoms with Crippen LogP contribution in [0.3, 0.4) is 0 Å². The Morgan fingerprint density at radius 1 is 1.09 bits per heavy atom. The molecule has 1 heterocycles. The minimum atomic E-state index is -0.601. The number of aromatic nitrogens is 2. The largest absolute Gasteiger partial charge is 0.454 e. The van der Waals surface area contributed by atoms with Gasteiger partial charge < -0.3 is 9.47 Å². The lowest BCUT2D eigenvalue weighted by Gasteiger charge is -2.21. The van der Waals surface area contributed by atoms with Gasteiger partial charge in [0.2, 0.25) is 6.79 Å². The molecule has 2 rings (SSSR count). The van der Waals surface area contributed by atoms with Gasteiger partial charge >= 0.3 is 5.97 Å². The predicted octanol–water partition coefficient (Wildman–Crippen LogP) is 5.85. The van der Waals surface area contributed by atoms with Gasteiger partial charge in [-0.3, -0.25) is 9.48 Å². The molecule has 1 aromatic carbocycles. The number of esters is 1. The molecule has 0 fully saturated rings. The molecule has 0 N–H and O–H groups in total. The zero-order valence-electron chi connectivity index (χ0n) is 20.6. The highest BCUT2D eigenvalue weighted by Gasteiger charge is 2.28. The Labute approximate surface area is 191 Å². The van der Waals surface area contributed by atoms with Crippen molar-refractivity contribution in [2.45, 2.75) is 73.8 Å². The predicted molar refractivity (Wildman–Crippen MR) is 126 cm³/mol. The van der Waals surface area contributed by atoms with E-state index < -0.39 is 5.41 Å². The van der Waals surface area contributed by atoms with Crippen LogP contribution in [0.4, 0.5) is 0 Å². The number of rotatable bonds is 8. The molecule has 0 atom stereocenters. The molecule has 172 valence electrons. The maximum Gasteiger partial charge on any atom is 0.314 e. The Balaban J connectivity index is 2.49. The second-order valence-electron chi connectivity index (χ2n) is 9.56. The lowest BCUT2D eigenvalue weighted by Crippen LogP contribution is -2.26. The van der Waals surface area contributed by atoms with Crippen molar-refractivity contribution in [2.75, 3.05) is 6.79 Å². The SMILES string of the molecule is CCn1nc(C)cc1/C(OCOC(=O)C(C)(C)CC)=C(\C#N)c1ccc(C(C)(C)C)cc1. The van der Waals surface area contributed by atoms with Gasteiger partial charge in [-0.1, -0.05) is 52.0 Å². The smallest absolute Gasteiger partial charge is 0.314 e. The van der Waals surface area contributed by atoms with Gasteiger partial charge in [0.15, 0.2) is 5.76 Å². The molecule has 0 aliphatic carbocycles. The number of nitriles is 1. The lowest BCUT2D eigenvalue weighted by molar-refractivity contribution is -0.162. The van der Waals surface area contributed by atoms with Gasteiger partial charge in [0, 0.05) is 6.54 Å². The van der Waals surface area contributed by atoms with Crippen LogP contribution in [-0.2, 0) is 26.2 Å². The van der Waals surface area contributed by atoms with Crippen LogP contribution < -0.4 is 0 Å². The van der Waals surface area contributed by atoms with Crippen molar-refractivity contribution in [3.05, 3.63) is 52.8 Å². The fourth-order valence-corrected chi connectivity index (χ4v) is 3.11. The van der Waals surface area contributed by atoms with E-state index in [0.29, 0.717) is 30.0 Å². The zero-order valence-corrected chi connectivity index (χ0v) is 20.6. The molecule has 2 aromatic rings. The molecular formula is C26H35N3O3. The van der Waals surface area contributed by atoms with Crippen molar-refractivity contribution in [2.24, 2.45) is 5.41 Å². The Morgan fingerprint density at radius 3 is 2.22 bits per heavy atom. The van der Waals surface area contributed by atoms with Gasteiger partial charge in [0.05, 0.1) is 11.1 Å². The quantitative estimate of drug-likeness (QED) is 0.224. The minimum Gasteiger partial charge on any atom is -0.454 e. The summed E-state index contributed by atoms with van der Waals surface area (Å²) in [5.41, 5.74) is 3.16. The number of allylic oxidation sites excluding steroid dienone is 1. The standard InChI is InChI=1S/C26H35N3O3/c1-9-26(7,8)24(30)32-17-31-23(22-15-18(3)28-29(22)10-2)21(16-27)19-11-13-20(14-12-19)25(4,5)6/h11-15H,9-10,17H2,1-8H3/b23-21-. The van der Waals surface area contributed by atoms with E-state index >= 15 is 0 Å². The molecule has 6 heteroatoms. The summed E-state index contributed by atoms with van der Waals surface area (Å²) in [7, 11) is 0. The van der Waals surface area contributed by atoms with Crippen molar-refractivity contribution in [3.8, 4) is 6.07 Å². The van der Waals surface area contributed by atoms with Crippen LogP contribution in [-0.4, -0.2) is 22.5 Å². The van der Waals surface area contributed by atoms with E-state index in [9.17, 15) is 10.1 Å². The van der Waals surface area contributed by atoms with Gasteiger partial charge in [-0.25, -0.2) is 0 Å². The van der Waals surface area contributed by atoms with E-state index in [1.807, 2.05) is 65.0 Å². The van der Waals surface area contributed by atoms with Gasteiger partial charge in [0.25, 0.3) is 0 Å². The first-order valence-electron chi connectivity index (χ1n) is 11.0. The highest BCUT2D eigenvalue weighted by atomic mass is 16.7. The molecule has 0 saturated carbocycles. The molecule has 0 unspecified atom stereocenters.